The third-order valence-electron chi connectivity index (χ3n) is 4.72. The van der Waals surface area contributed by atoms with Crippen molar-refractivity contribution in [2.45, 2.75) is 38.8 Å². The van der Waals surface area contributed by atoms with Gasteiger partial charge in [-0.25, -0.2) is 13.4 Å². The molecule has 0 amide bonds. The highest BCUT2D eigenvalue weighted by molar-refractivity contribution is 14.0. The highest BCUT2D eigenvalue weighted by atomic mass is 127. The standard InChI is InChI=1S/C20H33ClN4O3S.HI/c1-4-22-20(23-15-16(2)28-19-8-6-5-7-18(19)21)24-17-9-11-25(12-10-17)13-14-29(3,26)27;/h5-8,16-17H,4,9-15H2,1-3H3,(H2,22,23,24);1H. The van der Waals surface area contributed by atoms with Gasteiger partial charge < -0.3 is 20.3 Å². The predicted molar refractivity (Wildman–Crippen MR) is 135 cm³/mol. The summed E-state index contributed by atoms with van der Waals surface area (Å²) in [6.07, 6.45) is 3.10. The molecule has 0 spiro atoms. The minimum Gasteiger partial charge on any atom is -0.487 e. The van der Waals surface area contributed by atoms with E-state index >= 15 is 0 Å². The van der Waals surface area contributed by atoms with E-state index in [1.807, 2.05) is 32.0 Å². The number of aliphatic imine (C=N–C) groups is 1. The number of nitrogens with zero attached hydrogens (tertiary/aromatic N) is 2. The van der Waals surface area contributed by atoms with Gasteiger partial charge in [-0.2, -0.15) is 0 Å². The second-order valence-electron chi connectivity index (χ2n) is 7.47. The Bertz CT molecular complexity index is 771. The van der Waals surface area contributed by atoms with Crippen molar-refractivity contribution in [3.8, 4) is 5.75 Å². The smallest absolute Gasteiger partial charge is 0.191 e. The first-order valence-corrected chi connectivity index (χ1v) is 12.6. The minimum absolute atomic E-state index is 0. The molecule has 1 heterocycles. The van der Waals surface area contributed by atoms with Crippen molar-refractivity contribution < 1.29 is 13.2 Å². The second-order valence-corrected chi connectivity index (χ2v) is 10.1. The van der Waals surface area contributed by atoms with Gasteiger partial charge in [0.1, 0.15) is 21.7 Å². The van der Waals surface area contributed by atoms with Gasteiger partial charge in [0.05, 0.1) is 17.3 Å². The number of hydrogen-bond acceptors (Lipinski definition) is 5. The lowest BCUT2D eigenvalue weighted by Crippen LogP contribution is -2.49. The molecule has 0 radical (unpaired) electrons. The Morgan fingerprint density at radius 3 is 2.60 bits per heavy atom. The van der Waals surface area contributed by atoms with E-state index in [0.29, 0.717) is 29.9 Å². The third-order valence-corrected chi connectivity index (χ3v) is 5.96. The number of ether oxygens (including phenoxy) is 1. The molecule has 0 saturated carbocycles. The zero-order valence-electron chi connectivity index (χ0n) is 17.9. The monoisotopic (exact) mass is 572 g/mol. The summed E-state index contributed by atoms with van der Waals surface area (Å²) in [6.45, 7) is 7.67. The number of likely N-dealkylation sites (tertiary alicyclic amines) is 1. The van der Waals surface area contributed by atoms with Crippen LogP contribution in [0.3, 0.4) is 0 Å². The fourth-order valence-electron chi connectivity index (χ4n) is 3.12. The van der Waals surface area contributed by atoms with E-state index in [2.05, 4.69) is 20.5 Å². The number of rotatable bonds is 9. The summed E-state index contributed by atoms with van der Waals surface area (Å²) in [7, 11) is -2.91. The zero-order chi connectivity index (χ0) is 21.3. The molecule has 1 aliphatic heterocycles. The Kier molecular flexibility index (Phi) is 12.3. The summed E-state index contributed by atoms with van der Waals surface area (Å²) in [5, 5.41) is 7.37. The van der Waals surface area contributed by atoms with Gasteiger partial charge in [0.25, 0.3) is 0 Å². The van der Waals surface area contributed by atoms with Crippen LogP contribution in [0.15, 0.2) is 29.3 Å². The molecule has 1 fully saturated rings. The molecule has 0 bridgehead atoms. The molecule has 1 atom stereocenters. The molecule has 1 aromatic carbocycles. The first-order valence-electron chi connectivity index (χ1n) is 10.1. The first-order chi connectivity index (χ1) is 13.8. The minimum atomic E-state index is -2.91. The van der Waals surface area contributed by atoms with Crippen molar-refractivity contribution in [2.24, 2.45) is 4.99 Å². The maximum Gasteiger partial charge on any atom is 0.191 e. The van der Waals surface area contributed by atoms with E-state index < -0.39 is 9.84 Å². The number of hydrogen-bond donors (Lipinski definition) is 2. The van der Waals surface area contributed by atoms with Crippen molar-refractivity contribution in [2.75, 3.05) is 44.7 Å². The summed E-state index contributed by atoms with van der Waals surface area (Å²) in [5.41, 5.74) is 0. The number of para-hydroxylation sites is 1. The van der Waals surface area contributed by atoms with E-state index in [0.717, 1.165) is 38.4 Å². The van der Waals surface area contributed by atoms with Crippen LogP contribution >= 0.6 is 35.6 Å². The van der Waals surface area contributed by atoms with Crippen molar-refractivity contribution in [1.29, 1.82) is 0 Å². The van der Waals surface area contributed by atoms with Gasteiger partial charge in [-0.1, -0.05) is 23.7 Å². The number of benzene rings is 1. The molecule has 2 rings (SSSR count). The Morgan fingerprint density at radius 2 is 2.00 bits per heavy atom. The number of sulfone groups is 1. The summed E-state index contributed by atoms with van der Waals surface area (Å²) < 4.78 is 28.6. The Labute approximate surface area is 202 Å². The van der Waals surface area contributed by atoms with Crippen LogP contribution < -0.4 is 15.4 Å². The average molecular weight is 573 g/mol. The highest BCUT2D eigenvalue weighted by Crippen LogP contribution is 2.24. The molecule has 1 saturated heterocycles. The summed E-state index contributed by atoms with van der Waals surface area (Å²) in [6, 6.07) is 7.75. The fraction of sp³-hybridized carbons (Fsp3) is 0.650. The van der Waals surface area contributed by atoms with E-state index in [-0.39, 0.29) is 35.8 Å². The van der Waals surface area contributed by atoms with E-state index in [1.165, 1.54) is 6.26 Å². The van der Waals surface area contributed by atoms with Crippen LogP contribution in [0, 0.1) is 0 Å². The molecule has 0 aromatic heterocycles. The molecule has 10 heteroatoms. The molecule has 0 aliphatic carbocycles. The summed E-state index contributed by atoms with van der Waals surface area (Å²) >= 11 is 6.15. The SMILES string of the molecule is CCNC(=NCC(C)Oc1ccccc1Cl)NC1CCN(CCS(C)(=O)=O)CC1.I. The van der Waals surface area contributed by atoms with Crippen LogP contribution in [0.4, 0.5) is 0 Å². The van der Waals surface area contributed by atoms with Crippen molar-refractivity contribution >= 4 is 51.4 Å². The van der Waals surface area contributed by atoms with Gasteiger partial charge in [0.2, 0.25) is 0 Å². The van der Waals surface area contributed by atoms with Gasteiger partial charge in [0, 0.05) is 38.5 Å². The molecule has 172 valence electrons. The number of nitrogens with one attached hydrogen (secondary N) is 2. The maximum atomic E-state index is 11.3. The van der Waals surface area contributed by atoms with Gasteiger partial charge in [0.15, 0.2) is 5.96 Å². The Balaban J connectivity index is 0.00000450. The average Bonchev–Trinajstić information content (AvgIpc) is 2.67. The van der Waals surface area contributed by atoms with E-state index in [4.69, 9.17) is 16.3 Å². The van der Waals surface area contributed by atoms with E-state index in [1.54, 1.807) is 6.07 Å². The van der Waals surface area contributed by atoms with Crippen LogP contribution in [0.1, 0.15) is 26.7 Å². The molecule has 2 N–H and O–H groups in total. The quantitative estimate of drug-likeness (QED) is 0.269. The largest absolute Gasteiger partial charge is 0.487 e. The van der Waals surface area contributed by atoms with Crippen molar-refractivity contribution in [3.05, 3.63) is 29.3 Å². The lowest BCUT2D eigenvalue weighted by Gasteiger charge is -2.33. The van der Waals surface area contributed by atoms with E-state index in [9.17, 15) is 8.42 Å². The summed E-state index contributed by atoms with van der Waals surface area (Å²) in [5.74, 6) is 1.66. The zero-order valence-corrected chi connectivity index (χ0v) is 21.8. The normalized spacial score (nSPS) is 17.1. The van der Waals surface area contributed by atoms with Crippen LogP contribution in [0.5, 0.6) is 5.75 Å². The first kappa shape index (κ1) is 27.3. The fourth-order valence-corrected chi connectivity index (χ4v) is 3.89. The highest BCUT2D eigenvalue weighted by Gasteiger charge is 2.20. The molecule has 1 aromatic rings. The lowest BCUT2D eigenvalue weighted by atomic mass is 10.1. The molecular weight excluding hydrogens is 539 g/mol. The van der Waals surface area contributed by atoms with Crippen LogP contribution in [0.2, 0.25) is 5.02 Å². The molecule has 1 aliphatic rings. The van der Waals surface area contributed by atoms with Gasteiger partial charge in [-0.05, 0) is 38.8 Å². The van der Waals surface area contributed by atoms with Crippen molar-refractivity contribution in [1.82, 2.24) is 15.5 Å². The topological polar surface area (TPSA) is 83.0 Å². The maximum absolute atomic E-state index is 11.3. The number of guanidine groups is 1. The summed E-state index contributed by atoms with van der Waals surface area (Å²) in [4.78, 5) is 6.87. The van der Waals surface area contributed by atoms with Crippen LogP contribution in [-0.4, -0.2) is 76.2 Å². The second kappa shape index (κ2) is 13.6. The Hall–Kier alpha value is -0.780. The number of piperidine rings is 1. The van der Waals surface area contributed by atoms with Crippen LogP contribution in [-0.2, 0) is 9.84 Å². The predicted octanol–water partition coefficient (Wildman–Crippen LogP) is 2.79. The van der Waals surface area contributed by atoms with Gasteiger partial charge in [-0.15, -0.1) is 24.0 Å². The Morgan fingerprint density at radius 1 is 1.33 bits per heavy atom. The van der Waals surface area contributed by atoms with Crippen molar-refractivity contribution in [3.63, 3.8) is 0 Å². The van der Waals surface area contributed by atoms with Gasteiger partial charge >= 0.3 is 0 Å². The lowest BCUT2D eigenvalue weighted by molar-refractivity contribution is 0.215. The molecule has 1 unspecified atom stereocenters. The number of halogens is 2. The molecule has 7 nitrogen and oxygen atoms in total. The van der Waals surface area contributed by atoms with Gasteiger partial charge in [-0.3, -0.25) is 0 Å². The van der Waals surface area contributed by atoms with Crippen LogP contribution in [0.25, 0.3) is 0 Å². The molecular formula is C20H34ClIN4O3S. The molecule has 30 heavy (non-hydrogen) atoms. The third kappa shape index (κ3) is 10.5.